The van der Waals surface area contributed by atoms with Gasteiger partial charge in [0.05, 0.1) is 6.10 Å². The lowest BCUT2D eigenvalue weighted by atomic mass is 10.1. The van der Waals surface area contributed by atoms with Gasteiger partial charge in [0.25, 0.3) is 0 Å². The molecule has 0 aliphatic heterocycles. The van der Waals surface area contributed by atoms with Crippen LogP contribution in [0.5, 0.6) is 0 Å². The van der Waals surface area contributed by atoms with Crippen LogP contribution in [0, 0.1) is 0 Å². The first-order chi connectivity index (χ1) is 5.20. The number of hydrogen-bond acceptors (Lipinski definition) is 3. The number of rotatable bonds is 6. The fourth-order valence-corrected chi connectivity index (χ4v) is 1.11. The first kappa shape index (κ1) is 10.9. The maximum absolute atomic E-state index is 9.09. The lowest BCUT2D eigenvalue weighted by molar-refractivity contribution is 0.167. The van der Waals surface area contributed by atoms with Crippen molar-refractivity contribution in [1.29, 1.82) is 0 Å². The average Bonchev–Trinajstić information content (AvgIpc) is 1.97. The van der Waals surface area contributed by atoms with Gasteiger partial charge >= 0.3 is 0 Å². The molecule has 0 aliphatic carbocycles. The predicted octanol–water partition coefficient (Wildman–Crippen LogP) is -0.0452. The van der Waals surface area contributed by atoms with Gasteiger partial charge in [-0.3, -0.25) is 0 Å². The largest absolute Gasteiger partial charge is 0.393 e. The van der Waals surface area contributed by atoms with Crippen LogP contribution in [0.1, 0.15) is 19.8 Å². The summed E-state index contributed by atoms with van der Waals surface area (Å²) in [4.78, 5) is 0. The summed E-state index contributed by atoms with van der Waals surface area (Å²) in [6.07, 6.45) is 1.69. The van der Waals surface area contributed by atoms with Gasteiger partial charge in [-0.15, -0.1) is 0 Å². The highest BCUT2D eigenvalue weighted by Crippen LogP contribution is 2.00. The van der Waals surface area contributed by atoms with E-state index in [-0.39, 0.29) is 6.10 Å². The van der Waals surface area contributed by atoms with Crippen molar-refractivity contribution in [3.05, 3.63) is 0 Å². The maximum atomic E-state index is 9.09. The second-order valence-electron chi connectivity index (χ2n) is 2.96. The van der Waals surface area contributed by atoms with Gasteiger partial charge < -0.3 is 15.7 Å². The van der Waals surface area contributed by atoms with E-state index in [2.05, 4.69) is 10.6 Å². The minimum atomic E-state index is -0.204. The zero-order valence-corrected chi connectivity index (χ0v) is 7.72. The van der Waals surface area contributed by atoms with Crippen molar-refractivity contribution in [3.63, 3.8) is 0 Å². The fourth-order valence-electron chi connectivity index (χ4n) is 1.11. The molecule has 0 bridgehead atoms. The van der Waals surface area contributed by atoms with E-state index in [0.29, 0.717) is 6.04 Å². The average molecular weight is 160 g/mol. The van der Waals surface area contributed by atoms with Gasteiger partial charge in [-0.2, -0.15) is 0 Å². The summed E-state index contributed by atoms with van der Waals surface area (Å²) in [5, 5.41) is 15.3. The van der Waals surface area contributed by atoms with Crippen molar-refractivity contribution in [3.8, 4) is 0 Å². The number of hydrogen-bond donors (Lipinski definition) is 3. The molecule has 0 aromatic carbocycles. The minimum Gasteiger partial charge on any atom is -0.393 e. The Morgan fingerprint density at radius 1 is 1.36 bits per heavy atom. The van der Waals surface area contributed by atoms with Crippen LogP contribution in [0.2, 0.25) is 0 Å². The van der Waals surface area contributed by atoms with Gasteiger partial charge in [0, 0.05) is 6.04 Å². The second kappa shape index (κ2) is 6.58. The molecule has 11 heavy (non-hydrogen) atoms. The first-order valence-corrected chi connectivity index (χ1v) is 4.20. The molecule has 0 amide bonds. The van der Waals surface area contributed by atoms with Gasteiger partial charge in [0.1, 0.15) is 0 Å². The van der Waals surface area contributed by atoms with E-state index in [1.54, 1.807) is 0 Å². The molecule has 3 heteroatoms. The fraction of sp³-hybridized carbons (Fsp3) is 1.00. The van der Waals surface area contributed by atoms with E-state index in [9.17, 15) is 0 Å². The van der Waals surface area contributed by atoms with Gasteiger partial charge in [-0.25, -0.2) is 0 Å². The molecule has 3 nitrogen and oxygen atoms in total. The summed E-state index contributed by atoms with van der Waals surface area (Å²) in [5.74, 6) is 0. The highest BCUT2D eigenvalue weighted by molar-refractivity contribution is 4.67. The summed E-state index contributed by atoms with van der Waals surface area (Å²) in [5.41, 5.74) is 0. The van der Waals surface area contributed by atoms with E-state index in [1.165, 1.54) is 0 Å². The van der Waals surface area contributed by atoms with Gasteiger partial charge in [-0.1, -0.05) is 0 Å². The van der Waals surface area contributed by atoms with Crippen LogP contribution in [0.15, 0.2) is 0 Å². The Morgan fingerprint density at radius 2 is 2.00 bits per heavy atom. The van der Waals surface area contributed by atoms with E-state index < -0.39 is 0 Å². The quantitative estimate of drug-likeness (QED) is 0.510. The molecule has 0 saturated carbocycles. The van der Waals surface area contributed by atoms with Gasteiger partial charge in [0.2, 0.25) is 0 Å². The summed E-state index contributed by atoms with van der Waals surface area (Å²) >= 11 is 0. The highest BCUT2D eigenvalue weighted by Gasteiger charge is 2.07. The molecule has 2 atom stereocenters. The van der Waals surface area contributed by atoms with Crippen LogP contribution >= 0.6 is 0 Å². The molecule has 0 saturated heterocycles. The Morgan fingerprint density at radius 3 is 2.36 bits per heavy atom. The normalized spacial score (nSPS) is 16.4. The van der Waals surface area contributed by atoms with Crippen molar-refractivity contribution in [1.82, 2.24) is 10.6 Å². The molecular formula is C8H20N2O. The molecule has 0 heterocycles. The monoisotopic (exact) mass is 160 g/mol. The van der Waals surface area contributed by atoms with Crippen LogP contribution in [-0.2, 0) is 0 Å². The van der Waals surface area contributed by atoms with Crippen LogP contribution in [0.3, 0.4) is 0 Å². The van der Waals surface area contributed by atoms with E-state index in [0.717, 1.165) is 19.4 Å². The number of nitrogens with one attached hydrogen (secondary N) is 2. The third-order valence-electron chi connectivity index (χ3n) is 1.78. The Balaban J connectivity index is 3.41. The van der Waals surface area contributed by atoms with Crippen molar-refractivity contribution in [2.24, 2.45) is 0 Å². The van der Waals surface area contributed by atoms with Crippen LogP contribution in [-0.4, -0.2) is 37.9 Å². The zero-order valence-electron chi connectivity index (χ0n) is 7.72. The molecular weight excluding hydrogens is 140 g/mol. The molecule has 68 valence electrons. The second-order valence-corrected chi connectivity index (χ2v) is 2.96. The number of aliphatic hydroxyl groups excluding tert-OH is 1. The molecule has 0 spiro atoms. The van der Waals surface area contributed by atoms with E-state index in [1.807, 2.05) is 21.0 Å². The summed E-state index contributed by atoms with van der Waals surface area (Å²) < 4.78 is 0. The summed E-state index contributed by atoms with van der Waals surface area (Å²) in [6, 6.07) is 0.433. The molecule has 3 N–H and O–H groups in total. The van der Waals surface area contributed by atoms with E-state index >= 15 is 0 Å². The lowest BCUT2D eigenvalue weighted by Gasteiger charge is -2.17. The molecule has 0 aliphatic rings. The topological polar surface area (TPSA) is 44.3 Å². The molecule has 0 rings (SSSR count). The Kier molecular flexibility index (Phi) is 6.51. The van der Waals surface area contributed by atoms with Crippen LogP contribution < -0.4 is 10.6 Å². The van der Waals surface area contributed by atoms with Crippen molar-refractivity contribution in [2.45, 2.75) is 31.9 Å². The molecule has 0 fully saturated rings. The minimum absolute atomic E-state index is 0.204. The van der Waals surface area contributed by atoms with Gasteiger partial charge in [0.15, 0.2) is 0 Å². The maximum Gasteiger partial charge on any atom is 0.0526 e. The standard InChI is InChI=1S/C8H20N2O/c1-7(11)6-8(10-3)4-5-9-2/h7-11H,4-6H2,1-3H3. The van der Waals surface area contributed by atoms with Crippen LogP contribution in [0.25, 0.3) is 0 Å². The smallest absolute Gasteiger partial charge is 0.0526 e. The summed E-state index contributed by atoms with van der Waals surface area (Å²) in [6.45, 7) is 2.82. The third kappa shape index (κ3) is 6.28. The molecule has 0 radical (unpaired) electrons. The van der Waals surface area contributed by atoms with Crippen molar-refractivity contribution in [2.75, 3.05) is 20.6 Å². The summed E-state index contributed by atoms with van der Waals surface area (Å²) in [7, 11) is 3.87. The van der Waals surface area contributed by atoms with E-state index in [4.69, 9.17) is 5.11 Å². The van der Waals surface area contributed by atoms with Crippen molar-refractivity contribution >= 4 is 0 Å². The molecule has 2 unspecified atom stereocenters. The Hall–Kier alpha value is -0.120. The first-order valence-electron chi connectivity index (χ1n) is 4.20. The zero-order chi connectivity index (χ0) is 8.69. The van der Waals surface area contributed by atoms with Gasteiger partial charge in [-0.05, 0) is 40.4 Å². The highest BCUT2D eigenvalue weighted by atomic mass is 16.3. The van der Waals surface area contributed by atoms with Crippen LogP contribution in [0.4, 0.5) is 0 Å². The molecule has 0 aromatic rings. The lowest BCUT2D eigenvalue weighted by Crippen LogP contribution is -2.31. The Bertz CT molecular complexity index is 86.2. The predicted molar refractivity (Wildman–Crippen MR) is 47.7 cm³/mol. The Labute approximate surface area is 69.2 Å². The SMILES string of the molecule is CNCCC(CC(C)O)NC. The third-order valence-corrected chi connectivity index (χ3v) is 1.78. The number of aliphatic hydroxyl groups is 1. The molecule has 0 aromatic heterocycles. The van der Waals surface area contributed by atoms with Crippen molar-refractivity contribution < 1.29 is 5.11 Å².